The highest BCUT2D eigenvalue weighted by molar-refractivity contribution is 7.09. The van der Waals surface area contributed by atoms with Crippen LogP contribution in [0.3, 0.4) is 0 Å². The van der Waals surface area contributed by atoms with Gasteiger partial charge >= 0.3 is 0 Å². The monoisotopic (exact) mass is 278 g/mol. The molecule has 0 amide bonds. The number of benzene rings is 1. The second-order valence-electron chi connectivity index (χ2n) is 4.72. The van der Waals surface area contributed by atoms with E-state index in [1.54, 1.807) is 11.3 Å². The Balaban J connectivity index is 1.47. The molecular formula is C14H15ClN2S. The number of nitrogens with zero attached hydrogens (tertiary/aromatic N) is 1. The van der Waals surface area contributed by atoms with E-state index >= 15 is 0 Å². The lowest BCUT2D eigenvalue weighted by atomic mass is 9.76. The van der Waals surface area contributed by atoms with E-state index in [1.165, 1.54) is 23.4 Å². The van der Waals surface area contributed by atoms with Gasteiger partial charge in [-0.2, -0.15) is 0 Å². The lowest BCUT2D eigenvalue weighted by Gasteiger charge is -2.36. The smallest absolute Gasteiger partial charge is 0.106 e. The number of rotatable bonds is 4. The molecule has 0 saturated heterocycles. The van der Waals surface area contributed by atoms with Crippen LogP contribution in [-0.4, -0.2) is 11.0 Å². The molecule has 0 unspecified atom stereocenters. The summed E-state index contributed by atoms with van der Waals surface area (Å²) in [5, 5.41) is 7.56. The Morgan fingerprint density at radius 3 is 2.72 bits per heavy atom. The average Bonchev–Trinajstić information content (AvgIpc) is 2.82. The van der Waals surface area contributed by atoms with Crippen LogP contribution in [-0.2, 0) is 6.54 Å². The van der Waals surface area contributed by atoms with Crippen LogP contribution in [0, 0.1) is 0 Å². The zero-order valence-corrected chi connectivity index (χ0v) is 11.5. The molecule has 4 heteroatoms. The van der Waals surface area contributed by atoms with Gasteiger partial charge in [-0.15, -0.1) is 11.3 Å². The molecule has 2 nitrogen and oxygen atoms in total. The van der Waals surface area contributed by atoms with Crippen LogP contribution in [0.2, 0.25) is 5.02 Å². The molecule has 1 heterocycles. The Morgan fingerprint density at radius 1 is 1.28 bits per heavy atom. The van der Waals surface area contributed by atoms with E-state index in [0.29, 0.717) is 12.0 Å². The fourth-order valence-corrected chi connectivity index (χ4v) is 3.06. The molecular weight excluding hydrogens is 264 g/mol. The first-order chi connectivity index (χ1) is 8.81. The van der Waals surface area contributed by atoms with Crippen molar-refractivity contribution in [3.05, 3.63) is 51.4 Å². The highest BCUT2D eigenvalue weighted by atomic mass is 35.5. The first-order valence-electron chi connectivity index (χ1n) is 6.18. The molecule has 1 fully saturated rings. The second-order valence-corrected chi connectivity index (χ2v) is 6.14. The molecule has 1 aromatic heterocycles. The van der Waals surface area contributed by atoms with Crippen molar-refractivity contribution in [3.8, 4) is 0 Å². The fraction of sp³-hybridized carbons (Fsp3) is 0.357. The molecule has 1 aliphatic carbocycles. The van der Waals surface area contributed by atoms with Crippen LogP contribution in [0.1, 0.15) is 29.3 Å². The van der Waals surface area contributed by atoms with Crippen LogP contribution >= 0.6 is 22.9 Å². The lowest BCUT2D eigenvalue weighted by molar-refractivity contribution is 0.289. The first-order valence-corrected chi connectivity index (χ1v) is 7.44. The van der Waals surface area contributed by atoms with Crippen molar-refractivity contribution in [2.24, 2.45) is 0 Å². The number of hydrogen-bond acceptors (Lipinski definition) is 3. The van der Waals surface area contributed by atoms with E-state index in [2.05, 4.69) is 22.4 Å². The van der Waals surface area contributed by atoms with Crippen molar-refractivity contribution in [1.82, 2.24) is 10.3 Å². The highest BCUT2D eigenvalue weighted by Gasteiger charge is 2.29. The zero-order chi connectivity index (χ0) is 12.4. The minimum atomic E-state index is 0.634. The van der Waals surface area contributed by atoms with Crippen molar-refractivity contribution >= 4 is 22.9 Å². The quantitative estimate of drug-likeness (QED) is 0.919. The van der Waals surface area contributed by atoms with E-state index in [9.17, 15) is 0 Å². The van der Waals surface area contributed by atoms with Crippen LogP contribution in [0.4, 0.5) is 0 Å². The SMILES string of the molecule is Clc1ccc(C2CC(NCc3nccs3)C2)cc1. The molecule has 0 aliphatic heterocycles. The second kappa shape index (κ2) is 5.39. The number of aromatic nitrogens is 1. The molecule has 1 saturated carbocycles. The summed E-state index contributed by atoms with van der Waals surface area (Å²) in [6.07, 6.45) is 4.29. The first kappa shape index (κ1) is 12.2. The standard InChI is InChI=1S/C14H15ClN2S/c15-12-3-1-10(2-4-12)11-7-13(8-11)17-9-14-16-5-6-18-14/h1-6,11,13,17H,7-9H2. The Labute approximate surface area is 116 Å². The van der Waals surface area contributed by atoms with E-state index in [0.717, 1.165) is 11.6 Å². The molecule has 1 aromatic carbocycles. The van der Waals surface area contributed by atoms with Gasteiger partial charge in [0.2, 0.25) is 0 Å². The van der Waals surface area contributed by atoms with Crippen LogP contribution in [0.25, 0.3) is 0 Å². The third kappa shape index (κ3) is 2.74. The number of thiazole rings is 1. The minimum absolute atomic E-state index is 0.634. The largest absolute Gasteiger partial charge is 0.308 e. The molecule has 0 spiro atoms. The summed E-state index contributed by atoms with van der Waals surface area (Å²) in [6, 6.07) is 8.88. The summed E-state index contributed by atoms with van der Waals surface area (Å²) >= 11 is 7.60. The maximum atomic E-state index is 5.89. The molecule has 3 rings (SSSR count). The van der Waals surface area contributed by atoms with Crippen molar-refractivity contribution in [2.45, 2.75) is 31.3 Å². The van der Waals surface area contributed by atoms with E-state index in [4.69, 9.17) is 11.6 Å². The zero-order valence-electron chi connectivity index (χ0n) is 9.97. The number of halogens is 1. The normalized spacial score (nSPS) is 22.7. The molecule has 1 aliphatic rings. The van der Waals surface area contributed by atoms with Gasteiger partial charge < -0.3 is 5.32 Å². The van der Waals surface area contributed by atoms with E-state index < -0.39 is 0 Å². The van der Waals surface area contributed by atoms with Gasteiger partial charge in [-0.25, -0.2) is 4.98 Å². The maximum Gasteiger partial charge on any atom is 0.106 e. The Bertz CT molecular complexity index is 489. The summed E-state index contributed by atoms with van der Waals surface area (Å²) in [7, 11) is 0. The molecule has 2 aromatic rings. The molecule has 0 radical (unpaired) electrons. The molecule has 0 bridgehead atoms. The van der Waals surface area contributed by atoms with Crippen LogP contribution < -0.4 is 5.32 Å². The average molecular weight is 279 g/mol. The summed E-state index contributed by atoms with van der Waals surface area (Å²) in [6.45, 7) is 0.898. The fourth-order valence-electron chi connectivity index (χ4n) is 2.36. The molecule has 18 heavy (non-hydrogen) atoms. The van der Waals surface area contributed by atoms with Crippen molar-refractivity contribution < 1.29 is 0 Å². The lowest BCUT2D eigenvalue weighted by Crippen LogP contribution is -2.39. The van der Waals surface area contributed by atoms with E-state index in [1.807, 2.05) is 23.7 Å². The summed E-state index contributed by atoms with van der Waals surface area (Å²) < 4.78 is 0. The summed E-state index contributed by atoms with van der Waals surface area (Å²) in [5.41, 5.74) is 1.41. The Hall–Kier alpha value is -0.900. The van der Waals surface area contributed by atoms with Gasteiger partial charge in [0.05, 0.1) is 0 Å². The maximum absolute atomic E-state index is 5.89. The Morgan fingerprint density at radius 2 is 2.06 bits per heavy atom. The van der Waals surface area contributed by atoms with Gasteiger partial charge in [-0.1, -0.05) is 23.7 Å². The number of hydrogen-bond donors (Lipinski definition) is 1. The van der Waals surface area contributed by atoms with E-state index in [-0.39, 0.29) is 0 Å². The predicted octanol–water partition coefficient (Wildman–Crippen LogP) is 3.83. The third-order valence-electron chi connectivity index (χ3n) is 3.50. The molecule has 94 valence electrons. The van der Waals surface area contributed by atoms with Crippen molar-refractivity contribution in [3.63, 3.8) is 0 Å². The highest BCUT2D eigenvalue weighted by Crippen LogP contribution is 2.37. The molecule has 1 N–H and O–H groups in total. The van der Waals surface area contributed by atoms with Crippen LogP contribution in [0.5, 0.6) is 0 Å². The van der Waals surface area contributed by atoms with Gasteiger partial charge in [0.1, 0.15) is 5.01 Å². The topological polar surface area (TPSA) is 24.9 Å². The molecule has 0 atom stereocenters. The summed E-state index contributed by atoms with van der Waals surface area (Å²) in [4.78, 5) is 4.27. The Kier molecular flexibility index (Phi) is 3.64. The van der Waals surface area contributed by atoms with Crippen molar-refractivity contribution in [2.75, 3.05) is 0 Å². The van der Waals surface area contributed by atoms with Crippen LogP contribution in [0.15, 0.2) is 35.8 Å². The third-order valence-corrected chi connectivity index (χ3v) is 4.54. The van der Waals surface area contributed by atoms with Crippen molar-refractivity contribution in [1.29, 1.82) is 0 Å². The minimum Gasteiger partial charge on any atom is -0.308 e. The van der Waals surface area contributed by atoms with Gasteiger partial charge in [-0.05, 0) is 36.5 Å². The summed E-state index contributed by atoms with van der Waals surface area (Å²) in [5.74, 6) is 0.691. The number of nitrogens with one attached hydrogen (secondary N) is 1. The van der Waals surface area contributed by atoms with Gasteiger partial charge in [-0.3, -0.25) is 0 Å². The van der Waals surface area contributed by atoms with Gasteiger partial charge in [0.15, 0.2) is 0 Å². The van der Waals surface area contributed by atoms with Gasteiger partial charge in [0.25, 0.3) is 0 Å². The van der Waals surface area contributed by atoms with Gasteiger partial charge in [0, 0.05) is 29.2 Å². The predicted molar refractivity (Wildman–Crippen MR) is 76.2 cm³/mol.